The molecule has 178 valence electrons. The number of fused-ring (bicyclic) bond motifs is 2. The van der Waals surface area contributed by atoms with E-state index in [1.54, 1.807) is 0 Å². The van der Waals surface area contributed by atoms with E-state index in [9.17, 15) is 13.2 Å². The SMILES string of the molecule is CC1(C)[C@H]2CC[C@@]1(CS(=O)(=O)OS(c1ccccc1)(c1ccccc1)c1ccccc1)C(=O)C2. The van der Waals surface area contributed by atoms with Gasteiger partial charge in [0.15, 0.2) is 0 Å². The van der Waals surface area contributed by atoms with E-state index in [4.69, 9.17) is 3.63 Å². The van der Waals surface area contributed by atoms with Gasteiger partial charge in [-0.15, -0.1) is 0 Å². The van der Waals surface area contributed by atoms with Gasteiger partial charge in [0.05, 0.1) is 11.2 Å². The summed E-state index contributed by atoms with van der Waals surface area (Å²) in [7, 11) is -6.71. The van der Waals surface area contributed by atoms with Gasteiger partial charge in [0.1, 0.15) is 5.78 Å². The van der Waals surface area contributed by atoms with Crippen LogP contribution in [0.3, 0.4) is 0 Å². The highest BCUT2D eigenvalue weighted by atomic mass is 32.3. The summed E-state index contributed by atoms with van der Waals surface area (Å²) in [5.41, 5.74) is -1.24. The molecule has 0 saturated heterocycles. The minimum atomic E-state index is -4.10. The van der Waals surface area contributed by atoms with Crippen molar-refractivity contribution >= 4 is 26.2 Å². The van der Waals surface area contributed by atoms with Crippen molar-refractivity contribution in [2.75, 3.05) is 5.75 Å². The Bertz CT molecular complexity index is 1190. The summed E-state index contributed by atoms with van der Waals surface area (Å²) in [5, 5.41) is 0. The summed E-state index contributed by atoms with van der Waals surface area (Å²) >= 11 is 0. The first-order valence-electron chi connectivity index (χ1n) is 11.7. The number of hydrogen-bond donors (Lipinski definition) is 0. The number of carbonyl (C=O) groups is 1. The minimum Gasteiger partial charge on any atom is -0.299 e. The minimum absolute atomic E-state index is 0.0701. The highest BCUT2D eigenvalue weighted by Crippen LogP contribution is 2.71. The summed E-state index contributed by atoms with van der Waals surface area (Å²) in [4.78, 5) is 15.5. The van der Waals surface area contributed by atoms with Crippen LogP contribution in [0.25, 0.3) is 0 Å². The molecule has 5 rings (SSSR count). The van der Waals surface area contributed by atoms with Gasteiger partial charge in [-0.2, -0.15) is 8.42 Å². The van der Waals surface area contributed by atoms with Gasteiger partial charge in [0, 0.05) is 21.1 Å². The van der Waals surface area contributed by atoms with Crippen LogP contribution in [0.2, 0.25) is 0 Å². The largest absolute Gasteiger partial charge is 0.299 e. The molecule has 2 bridgehead atoms. The standard InChI is InChI=1S/C28H30O4S2/c1-27(2)22-18-19-28(27,26(29)20-22)21-33(30,31)32-34(23-12-6-3-7-13-23,24-14-8-4-9-15-24)25-16-10-5-11-17-25/h3-17,22H,18-21H2,1-2H3/t22-,28+/m0/s1. The molecule has 0 spiro atoms. The first-order chi connectivity index (χ1) is 16.2. The second kappa shape index (κ2) is 8.36. The predicted molar refractivity (Wildman–Crippen MR) is 135 cm³/mol. The Hall–Kier alpha value is -2.41. The van der Waals surface area contributed by atoms with Crippen LogP contribution in [0.15, 0.2) is 106 Å². The highest BCUT2D eigenvalue weighted by molar-refractivity contribution is 8.33. The molecular formula is C28H30O4S2. The number of Topliss-reactive ketones (excluding diaryl/α,β-unsaturated/α-hetero) is 1. The van der Waals surface area contributed by atoms with Gasteiger partial charge in [-0.3, -0.25) is 4.79 Å². The summed E-state index contributed by atoms with van der Waals surface area (Å²) in [5.74, 6) is 0.0363. The van der Waals surface area contributed by atoms with E-state index in [0.717, 1.165) is 21.1 Å². The lowest BCUT2D eigenvalue weighted by molar-refractivity contribution is -0.128. The molecule has 0 radical (unpaired) electrons. The smallest absolute Gasteiger partial charge is 0.278 e. The average molecular weight is 495 g/mol. The molecule has 34 heavy (non-hydrogen) atoms. The van der Waals surface area contributed by atoms with Gasteiger partial charge >= 0.3 is 0 Å². The van der Waals surface area contributed by atoms with E-state index in [2.05, 4.69) is 13.8 Å². The zero-order chi connectivity index (χ0) is 24.0. The van der Waals surface area contributed by atoms with Crippen molar-refractivity contribution in [3.8, 4) is 0 Å². The van der Waals surface area contributed by atoms with Crippen molar-refractivity contribution in [2.24, 2.45) is 16.7 Å². The van der Waals surface area contributed by atoms with Gasteiger partial charge in [-0.1, -0.05) is 68.4 Å². The summed E-state index contributed by atoms with van der Waals surface area (Å²) in [6.45, 7) is 4.10. The number of hydrogen-bond acceptors (Lipinski definition) is 4. The topological polar surface area (TPSA) is 60.4 Å². The molecule has 2 atom stereocenters. The Morgan fingerprint density at radius 1 is 0.794 bits per heavy atom. The lowest BCUT2D eigenvalue weighted by atomic mass is 9.70. The molecule has 0 heterocycles. The van der Waals surface area contributed by atoms with E-state index >= 15 is 0 Å². The van der Waals surface area contributed by atoms with Crippen molar-refractivity contribution < 1.29 is 16.8 Å². The van der Waals surface area contributed by atoms with Gasteiger partial charge in [0.2, 0.25) is 0 Å². The Morgan fingerprint density at radius 3 is 1.59 bits per heavy atom. The molecule has 2 saturated carbocycles. The fraction of sp³-hybridized carbons (Fsp3) is 0.321. The fourth-order valence-corrected chi connectivity index (χ4v) is 12.0. The van der Waals surface area contributed by atoms with Gasteiger partial charge < -0.3 is 0 Å². The summed E-state index contributed by atoms with van der Waals surface area (Å²) in [6, 6.07) is 28.7. The molecule has 4 nitrogen and oxygen atoms in total. The Labute approximate surface area is 204 Å². The second-order valence-corrected chi connectivity index (χ2v) is 14.4. The van der Waals surface area contributed by atoms with Gasteiger partial charge in [0.25, 0.3) is 10.1 Å². The fourth-order valence-electron chi connectivity index (χ4n) is 5.95. The van der Waals surface area contributed by atoms with E-state index in [0.29, 0.717) is 12.8 Å². The molecule has 0 aliphatic heterocycles. The first kappa shape index (κ1) is 23.3. The van der Waals surface area contributed by atoms with Crippen molar-refractivity contribution in [3.05, 3.63) is 91.0 Å². The van der Waals surface area contributed by atoms with Gasteiger partial charge in [-0.25, -0.2) is 3.63 Å². The molecule has 2 aliphatic rings. The third kappa shape index (κ3) is 3.55. The van der Waals surface area contributed by atoms with Crippen LogP contribution in [-0.2, 0) is 18.5 Å². The lowest BCUT2D eigenvalue weighted by Crippen LogP contribution is -2.42. The monoisotopic (exact) mass is 494 g/mol. The first-order valence-corrected chi connectivity index (χ1v) is 14.8. The highest BCUT2D eigenvalue weighted by Gasteiger charge is 2.65. The lowest BCUT2D eigenvalue weighted by Gasteiger charge is -2.41. The van der Waals surface area contributed by atoms with E-state index < -0.39 is 25.8 Å². The second-order valence-electron chi connectivity index (χ2n) is 9.93. The van der Waals surface area contributed by atoms with E-state index in [1.807, 2.05) is 91.0 Å². The predicted octanol–water partition coefficient (Wildman–Crippen LogP) is 6.63. The third-order valence-electron chi connectivity index (χ3n) is 7.99. The maximum atomic E-state index is 14.0. The number of ketones is 1. The zero-order valence-electron chi connectivity index (χ0n) is 19.5. The maximum absolute atomic E-state index is 14.0. The van der Waals surface area contributed by atoms with Crippen LogP contribution < -0.4 is 0 Å². The molecular weight excluding hydrogens is 464 g/mol. The van der Waals surface area contributed by atoms with Crippen molar-refractivity contribution in [1.82, 2.24) is 0 Å². The quantitative estimate of drug-likeness (QED) is 0.370. The van der Waals surface area contributed by atoms with Crippen LogP contribution >= 0.6 is 10.3 Å². The molecule has 6 heteroatoms. The normalized spacial score (nSPS) is 24.3. The maximum Gasteiger partial charge on any atom is 0.278 e. The molecule has 3 aromatic rings. The molecule has 3 aromatic carbocycles. The van der Waals surface area contributed by atoms with Crippen LogP contribution in [0.4, 0.5) is 0 Å². The van der Waals surface area contributed by atoms with Crippen molar-refractivity contribution in [2.45, 2.75) is 47.8 Å². The van der Waals surface area contributed by atoms with Crippen LogP contribution in [0, 0.1) is 16.7 Å². The van der Waals surface area contributed by atoms with Crippen molar-refractivity contribution in [1.29, 1.82) is 0 Å². The van der Waals surface area contributed by atoms with Crippen molar-refractivity contribution in [3.63, 3.8) is 0 Å². The Morgan fingerprint density at radius 2 is 1.24 bits per heavy atom. The van der Waals surface area contributed by atoms with Gasteiger partial charge in [-0.05, 0) is 70.9 Å². The van der Waals surface area contributed by atoms with Crippen LogP contribution in [0.5, 0.6) is 0 Å². The molecule has 0 unspecified atom stereocenters. The Kier molecular flexibility index (Phi) is 5.74. The average Bonchev–Trinajstić information content (AvgIpc) is 3.18. The molecule has 2 aliphatic carbocycles. The van der Waals surface area contributed by atoms with E-state index in [-0.39, 0.29) is 22.9 Å². The molecule has 0 N–H and O–H groups in total. The summed E-state index contributed by atoms with van der Waals surface area (Å²) in [6.07, 6.45) is 1.97. The van der Waals surface area contributed by atoms with Crippen LogP contribution in [0.1, 0.15) is 33.1 Å². The zero-order valence-corrected chi connectivity index (χ0v) is 21.1. The Balaban J connectivity index is 1.67. The number of rotatable bonds is 7. The third-order valence-corrected chi connectivity index (χ3v) is 13.3. The summed E-state index contributed by atoms with van der Waals surface area (Å²) < 4.78 is 34.4. The molecule has 2 fully saturated rings. The van der Waals surface area contributed by atoms with E-state index in [1.165, 1.54) is 0 Å². The number of carbonyl (C=O) groups excluding carboxylic acids is 1. The van der Waals surface area contributed by atoms with Crippen LogP contribution in [-0.4, -0.2) is 20.0 Å². The number of benzene rings is 3. The molecule has 0 aromatic heterocycles. The molecule has 0 amide bonds.